The van der Waals surface area contributed by atoms with Crippen molar-refractivity contribution in [2.45, 2.75) is 20.4 Å². The van der Waals surface area contributed by atoms with Gasteiger partial charge >= 0.3 is 0 Å². The number of amides is 1. The molecule has 0 saturated heterocycles. The molecule has 1 amide bonds. The second kappa shape index (κ2) is 9.61. The highest BCUT2D eigenvalue weighted by atomic mass is 32.1. The molecule has 0 aliphatic rings. The van der Waals surface area contributed by atoms with Crippen molar-refractivity contribution >= 4 is 32.6 Å². The number of nitrogens with one attached hydrogen (secondary N) is 1. The van der Waals surface area contributed by atoms with Crippen LogP contribution in [0.15, 0.2) is 59.4 Å². The molecule has 0 bridgehead atoms. The highest BCUT2D eigenvalue weighted by Crippen LogP contribution is 2.29. The lowest BCUT2D eigenvalue weighted by atomic mass is 10.1. The summed E-state index contributed by atoms with van der Waals surface area (Å²) in [4.78, 5) is 29.2. The number of anilines is 1. The average Bonchev–Trinajstić information content (AvgIpc) is 3.17. The van der Waals surface area contributed by atoms with Crippen molar-refractivity contribution in [2.75, 3.05) is 18.5 Å². The fourth-order valence-corrected chi connectivity index (χ4v) is 4.02. The van der Waals surface area contributed by atoms with Gasteiger partial charge in [0.25, 0.3) is 5.56 Å². The van der Waals surface area contributed by atoms with Crippen LogP contribution in [0.3, 0.4) is 0 Å². The fourth-order valence-electron chi connectivity index (χ4n) is 3.11. The summed E-state index contributed by atoms with van der Waals surface area (Å²) in [5, 5.41) is 7.55. The number of fused-ring (bicyclic) bond motifs is 1. The summed E-state index contributed by atoms with van der Waals surface area (Å²) in [7, 11) is 0. The van der Waals surface area contributed by atoms with Crippen molar-refractivity contribution in [1.82, 2.24) is 14.8 Å². The van der Waals surface area contributed by atoms with Crippen molar-refractivity contribution in [3.8, 4) is 22.8 Å². The number of benzene rings is 2. The molecule has 2 aromatic carbocycles. The zero-order valence-corrected chi connectivity index (χ0v) is 18.5. The van der Waals surface area contributed by atoms with E-state index in [1.54, 1.807) is 6.07 Å². The molecule has 9 heteroatoms. The highest BCUT2D eigenvalue weighted by Gasteiger charge is 2.12. The topological polar surface area (TPSA) is 95.3 Å². The molecule has 2 heterocycles. The van der Waals surface area contributed by atoms with Crippen LogP contribution in [0, 0.1) is 0 Å². The van der Waals surface area contributed by atoms with Crippen LogP contribution in [-0.2, 0) is 11.3 Å². The summed E-state index contributed by atoms with van der Waals surface area (Å²) in [6.45, 7) is 4.78. The molecule has 32 heavy (non-hydrogen) atoms. The van der Waals surface area contributed by atoms with Crippen LogP contribution >= 0.6 is 11.3 Å². The average molecular weight is 451 g/mol. The van der Waals surface area contributed by atoms with E-state index in [0.29, 0.717) is 24.0 Å². The zero-order chi connectivity index (χ0) is 22.5. The van der Waals surface area contributed by atoms with E-state index in [4.69, 9.17) is 9.47 Å². The van der Waals surface area contributed by atoms with Crippen LogP contribution in [0.5, 0.6) is 11.5 Å². The van der Waals surface area contributed by atoms with Crippen LogP contribution in [-0.4, -0.2) is 33.9 Å². The predicted molar refractivity (Wildman–Crippen MR) is 125 cm³/mol. The third kappa shape index (κ3) is 4.94. The van der Waals surface area contributed by atoms with Gasteiger partial charge in [-0.05, 0) is 62.4 Å². The lowest BCUT2D eigenvalue weighted by molar-refractivity contribution is -0.117. The van der Waals surface area contributed by atoms with Crippen molar-refractivity contribution < 1.29 is 14.3 Å². The summed E-state index contributed by atoms with van der Waals surface area (Å²) in [6.07, 6.45) is 0. The van der Waals surface area contributed by atoms with Crippen molar-refractivity contribution in [3.05, 3.63) is 65.0 Å². The Morgan fingerprint density at radius 1 is 1.00 bits per heavy atom. The van der Waals surface area contributed by atoms with Crippen molar-refractivity contribution in [2.24, 2.45) is 0 Å². The third-order valence-electron chi connectivity index (χ3n) is 4.54. The van der Waals surface area contributed by atoms with E-state index in [1.807, 2.05) is 56.3 Å². The number of ether oxygens (including phenoxy) is 2. The van der Waals surface area contributed by atoms with E-state index in [-0.39, 0.29) is 18.0 Å². The Bertz CT molecular complexity index is 1300. The lowest BCUT2D eigenvalue weighted by Gasteiger charge is -2.08. The van der Waals surface area contributed by atoms with E-state index in [9.17, 15) is 9.59 Å². The van der Waals surface area contributed by atoms with Gasteiger partial charge in [-0.1, -0.05) is 11.3 Å². The first-order chi connectivity index (χ1) is 15.6. The number of hydrogen-bond acceptors (Lipinski definition) is 7. The Labute approximate surface area is 188 Å². The molecule has 0 aliphatic heterocycles. The minimum Gasteiger partial charge on any atom is -0.494 e. The summed E-state index contributed by atoms with van der Waals surface area (Å²) >= 11 is 1.34. The Morgan fingerprint density at radius 3 is 2.47 bits per heavy atom. The molecule has 4 aromatic rings. The van der Waals surface area contributed by atoms with Gasteiger partial charge in [-0.25, -0.2) is 9.67 Å². The number of nitrogens with zero attached hydrogens (tertiary/aromatic N) is 3. The van der Waals surface area contributed by atoms with Gasteiger partial charge in [-0.3, -0.25) is 9.59 Å². The Balaban J connectivity index is 1.48. The molecule has 164 valence electrons. The number of rotatable bonds is 8. The van der Waals surface area contributed by atoms with Crippen LogP contribution in [0.25, 0.3) is 21.5 Å². The number of hydrogen-bond donors (Lipinski definition) is 1. The highest BCUT2D eigenvalue weighted by molar-refractivity contribution is 7.22. The smallest absolute Gasteiger partial charge is 0.267 e. The van der Waals surface area contributed by atoms with Crippen LogP contribution in [0.2, 0.25) is 0 Å². The minimum atomic E-state index is -0.382. The van der Waals surface area contributed by atoms with Gasteiger partial charge in [-0.15, -0.1) is 0 Å². The Morgan fingerprint density at radius 2 is 1.72 bits per heavy atom. The number of thiazole rings is 1. The Kier molecular flexibility index (Phi) is 6.46. The summed E-state index contributed by atoms with van der Waals surface area (Å²) in [6, 6.07) is 16.0. The molecule has 2 aromatic heterocycles. The predicted octanol–water partition coefficient (Wildman–Crippen LogP) is 3.96. The Hall–Kier alpha value is -3.72. The maximum absolute atomic E-state index is 12.6. The molecular weight excluding hydrogens is 428 g/mol. The van der Waals surface area contributed by atoms with Gasteiger partial charge in [0.05, 0.1) is 29.1 Å². The minimum absolute atomic E-state index is 0.218. The van der Waals surface area contributed by atoms with E-state index in [1.165, 1.54) is 17.4 Å². The van der Waals surface area contributed by atoms with Gasteiger partial charge in [-0.2, -0.15) is 5.10 Å². The first-order valence-electron chi connectivity index (χ1n) is 10.2. The molecule has 4 rings (SSSR count). The zero-order valence-electron chi connectivity index (χ0n) is 17.7. The molecule has 0 atom stereocenters. The van der Waals surface area contributed by atoms with Gasteiger partial charge in [0, 0.05) is 11.6 Å². The maximum atomic E-state index is 12.6. The largest absolute Gasteiger partial charge is 0.494 e. The van der Waals surface area contributed by atoms with Crippen LogP contribution < -0.4 is 20.3 Å². The summed E-state index contributed by atoms with van der Waals surface area (Å²) in [5.74, 6) is 1.13. The normalized spacial score (nSPS) is 10.8. The van der Waals surface area contributed by atoms with Gasteiger partial charge in [0.1, 0.15) is 18.0 Å². The summed E-state index contributed by atoms with van der Waals surface area (Å²) < 4.78 is 13.0. The molecule has 0 unspecified atom stereocenters. The van der Waals surface area contributed by atoms with Crippen molar-refractivity contribution in [1.29, 1.82) is 0 Å². The molecule has 0 fully saturated rings. The molecular formula is C23H22N4O4S. The second-order valence-corrected chi connectivity index (χ2v) is 7.83. The molecule has 1 N–H and O–H groups in total. The van der Waals surface area contributed by atoms with Crippen LogP contribution in [0.4, 0.5) is 5.13 Å². The lowest BCUT2D eigenvalue weighted by Crippen LogP contribution is -2.29. The van der Waals surface area contributed by atoms with Crippen LogP contribution in [0.1, 0.15) is 13.8 Å². The van der Waals surface area contributed by atoms with E-state index >= 15 is 0 Å². The number of aromatic nitrogens is 3. The first-order valence-corrected chi connectivity index (χ1v) is 11.0. The third-order valence-corrected chi connectivity index (χ3v) is 5.47. The molecule has 0 saturated carbocycles. The number of carbonyl (C=O) groups excluding carboxylic acids is 1. The van der Waals surface area contributed by atoms with Gasteiger partial charge in [0.15, 0.2) is 5.13 Å². The van der Waals surface area contributed by atoms with Gasteiger partial charge < -0.3 is 14.8 Å². The van der Waals surface area contributed by atoms with E-state index in [2.05, 4.69) is 15.4 Å². The SMILES string of the molecule is CCOc1ccc(-c2ccc(=O)n(CC(=O)Nc3nc4ccc(OCC)cc4s3)n2)cc1. The molecule has 0 radical (unpaired) electrons. The monoisotopic (exact) mass is 450 g/mol. The first kappa shape index (κ1) is 21.5. The standard InChI is InChI=1S/C23H22N4O4S/c1-3-30-16-7-5-15(6-8-16)18-11-12-22(29)27(26-18)14-21(28)25-23-24-19-10-9-17(31-4-2)13-20(19)32-23/h5-13H,3-4,14H2,1-2H3,(H,24,25,28). The molecule has 0 spiro atoms. The summed E-state index contributed by atoms with van der Waals surface area (Å²) in [5.41, 5.74) is 1.81. The number of carbonyl (C=O) groups is 1. The fraction of sp³-hybridized carbons (Fsp3) is 0.217. The van der Waals surface area contributed by atoms with Gasteiger partial charge in [0.2, 0.25) is 5.91 Å². The van der Waals surface area contributed by atoms with E-state index in [0.717, 1.165) is 32.0 Å². The van der Waals surface area contributed by atoms with E-state index < -0.39 is 0 Å². The van der Waals surface area contributed by atoms with Crippen molar-refractivity contribution in [3.63, 3.8) is 0 Å². The molecule has 0 aliphatic carbocycles. The maximum Gasteiger partial charge on any atom is 0.267 e. The second-order valence-electron chi connectivity index (χ2n) is 6.80. The molecule has 8 nitrogen and oxygen atoms in total. The quantitative estimate of drug-likeness (QED) is 0.437.